The van der Waals surface area contributed by atoms with Crippen LogP contribution in [-0.2, 0) is 32.2 Å². The van der Waals surface area contributed by atoms with Crippen molar-refractivity contribution in [1.29, 1.82) is 0 Å². The Morgan fingerprint density at radius 1 is 1.09 bits per heavy atom. The molecule has 0 radical (unpaired) electrons. The van der Waals surface area contributed by atoms with Gasteiger partial charge >= 0.3 is 27.5 Å². The monoisotopic (exact) mass is 348 g/mol. The number of halogens is 5. The highest BCUT2D eigenvalue weighted by atomic mass is 32.2. The third-order valence-electron chi connectivity index (χ3n) is 2.47. The maximum absolute atomic E-state index is 12.8. The molecule has 124 valence electrons. The third-order valence-corrected chi connectivity index (χ3v) is 3.28. The average molecular weight is 348 g/mol. The molecule has 1 aromatic carbocycles. The van der Waals surface area contributed by atoms with Crippen LogP contribution in [0, 0.1) is 0 Å². The molecule has 11 heteroatoms. The first-order valence-electron chi connectivity index (χ1n) is 5.54. The summed E-state index contributed by atoms with van der Waals surface area (Å²) in [6.45, 7) is -0.699. The lowest BCUT2D eigenvalue weighted by molar-refractivity contribution is -0.161. The van der Waals surface area contributed by atoms with Crippen LogP contribution in [0.4, 0.5) is 22.0 Å². The molecule has 0 fully saturated rings. The van der Waals surface area contributed by atoms with Crippen molar-refractivity contribution >= 4 is 16.1 Å². The summed E-state index contributed by atoms with van der Waals surface area (Å²) < 4.78 is 95.1. The minimum atomic E-state index is -5.95. The minimum absolute atomic E-state index is 0.217. The summed E-state index contributed by atoms with van der Waals surface area (Å²) in [5, 5.41) is -5.10. The molecule has 0 atom stereocenters. The van der Waals surface area contributed by atoms with E-state index in [1.165, 1.54) is 0 Å². The van der Waals surface area contributed by atoms with E-state index in [4.69, 9.17) is 4.55 Å². The van der Waals surface area contributed by atoms with E-state index in [0.717, 1.165) is 24.3 Å². The quantitative estimate of drug-likeness (QED) is 0.502. The summed E-state index contributed by atoms with van der Waals surface area (Å²) >= 11 is 0. The predicted octanol–water partition coefficient (Wildman–Crippen LogP) is 2.27. The van der Waals surface area contributed by atoms with Crippen molar-refractivity contribution in [2.75, 3.05) is 6.61 Å². The summed E-state index contributed by atoms with van der Waals surface area (Å²) in [5.41, 5.74) is -0.665. The van der Waals surface area contributed by atoms with Gasteiger partial charge in [-0.2, -0.15) is 30.4 Å². The van der Waals surface area contributed by atoms with Gasteiger partial charge < -0.3 is 4.74 Å². The molecule has 1 N–H and O–H groups in total. The second-order valence-corrected chi connectivity index (χ2v) is 5.54. The Morgan fingerprint density at radius 2 is 1.59 bits per heavy atom. The molecule has 0 aliphatic carbocycles. The third kappa shape index (κ3) is 4.37. The van der Waals surface area contributed by atoms with E-state index in [1.54, 1.807) is 0 Å². The molecule has 5 nitrogen and oxygen atoms in total. The molecule has 0 aliphatic rings. The molecular weight excluding hydrogens is 339 g/mol. The van der Waals surface area contributed by atoms with Crippen LogP contribution in [0.3, 0.4) is 0 Å². The molecule has 0 spiro atoms. The Bertz CT molecular complexity index is 636. The molecule has 0 saturated carbocycles. The number of hydrogen-bond acceptors (Lipinski definition) is 4. The van der Waals surface area contributed by atoms with Gasteiger partial charge in [0.2, 0.25) is 0 Å². The Labute approximate surface area is 121 Å². The second-order valence-electron chi connectivity index (χ2n) is 4.07. The zero-order valence-electron chi connectivity index (χ0n) is 10.6. The van der Waals surface area contributed by atoms with Crippen LogP contribution in [-0.4, -0.2) is 30.8 Å². The van der Waals surface area contributed by atoms with Crippen molar-refractivity contribution in [2.24, 2.45) is 0 Å². The van der Waals surface area contributed by atoms with E-state index in [-0.39, 0.29) is 12.0 Å². The average Bonchev–Trinajstić information content (AvgIpc) is 2.36. The molecule has 1 aromatic rings. The van der Waals surface area contributed by atoms with Crippen molar-refractivity contribution in [2.45, 2.75) is 17.9 Å². The van der Waals surface area contributed by atoms with Crippen LogP contribution in [0.2, 0.25) is 0 Å². The number of alkyl halides is 5. The smallest absolute Gasteiger partial charge is 0.460 e. The van der Waals surface area contributed by atoms with Gasteiger partial charge in [0, 0.05) is 6.42 Å². The maximum atomic E-state index is 12.8. The first-order chi connectivity index (χ1) is 9.85. The molecule has 0 aliphatic heterocycles. The van der Waals surface area contributed by atoms with Gasteiger partial charge in [0.25, 0.3) is 0 Å². The lowest BCUT2D eigenvalue weighted by atomic mass is 10.1. The van der Waals surface area contributed by atoms with Crippen LogP contribution in [0.1, 0.15) is 11.1 Å². The standard InChI is InChI=1S/C11H9F5O5S/c12-10(13,14)8-3-1-7(2-4-8)5-6-21-9(17)11(15,16)22(18,19)20/h1-4H,5-6H2,(H,18,19,20). The van der Waals surface area contributed by atoms with E-state index in [9.17, 15) is 35.2 Å². The molecule has 0 unspecified atom stereocenters. The van der Waals surface area contributed by atoms with Gasteiger partial charge in [0.05, 0.1) is 12.2 Å². The van der Waals surface area contributed by atoms with Crippen LogP contribution in [0.25, 0.3) is 0 Å². The topological polar surface area (TPSA) is 80.7 Å². The lowest BCUT2D eigenvalue weighted by Crippen LogP contribution is -2.39. The van der Waals surface area contributed by atoms with Crippen molar-refractivity contribution in [3.05, 3.63) is 35.4 Å². The van der Waals surface area contributed by atoms with E-state index >= 15 is 0 Å². The highest BCUT2D eigenvalue weighted by Gasteiger charge is 2.54. The van der Waals surface area contributed by atoms with Crippen LogP contribution in [0.15, 0.2) is 24.3 Å². The SMILES string of the molecule is O=C(OCCc1ccc(C(F)(F)F)cc1)C(F)(F)S(=O)(=O)O. The van der Waals surface area contributed by atoms with Crippen molar-refractivity contribution in [1.82, 2.24) is 0 Å². The normalized spacial score (nSPS) is 13.0. The zero-order valence-corrected chi connectivity index (χ0v) is 11.4. The summed E-state index contributed by atoms with van der Waals surface area (Å²) in [5.74, 6) is -2.47. The van der Waals surface area contributed by atoms with E-state index in [0.29, 0.717) is 0 Å². The molecule has 0 heterocycles. The number of benzene rings is 1. The van der Waals surface area contributed by atoms with Gasteiger partial charge in [0.1, 0.15) is 0 Å². The van der Waals surface area contributed by atoms with Crippen molar-refractivity contribution < 1.29 is 44.5 Å². The summed E-state index contributed by atoms with van der Waals surface area (Å²) in [6, 6.07) is 3.61. The minimum Gasteiger partial charge on any atom is -0.460 e. The number of carbonyl (C=O) groups is 1. The summed E-state index contributed by atoms with van der Waals surface area (Å²) in [4.78, 5) is 10.8. The highest BCUT2D eigenvalue weighted by Crippen LogP contribution is 2.29. The number of ether oxygens (including phenoxy) is 1. The molecular formula is C11H9F5O5S. The fraction of sp³-hybridized carbons (Fsp3) is 0.364. The van der Waals surface area contributed by atoms with E-state index in [2.05, 4.69) is 4.74 Å². The molecule has 0 saturated heterocycles. The zero-order chi connectivity index (χ0) is 17.2. The van der Waals surface area contributed by atoms with Gasteiger partial charge in [-0.1, -0.05) is 12.1 Å². The Balaban J connectivity index is 2.60. The second kappa shape index (κ2) is 6.16. The van der Waals surface area contributed by atoms with Gasteiger partial charge in [0.15, 0.2) is 0 Å². The van der Waals surface area contributed by atoms with Crippen molar-refractivity contribution in [3.63, 3.8) is 0 Å². The van der Waals surface area contributed by atoms with Gasteiger partial charge in [-0.25, -0.2) is 4.79 Å². The first-order valence-corrected chi connectivity index (χ1v) is 6.98. The van der Waals surface area contributed by atoms with Crippen LogP contribution in [0.5, 0.6) is 0 Å². The maximum Gasteiger partial charge on any atom is 0.465 e. The Kier molecular flexibility index (Phi) is 5.13. The van der Waals surface area contributed by atoms with Crippen LogP contribution < -0.4 is 0 Å². The molecule has 0 aromatic heterocycles. The molecule has 22 heavy (non-hydrogen) atoms. The first kappa shape index (κ1) is 18.3. The Morgan fingerprint density at radius 3 is 2.00 bits per heavy atom. The predicted molar refractivity (Wildman–Crippen MR) is 62.6 cm³/mol. The lowest BCUT2D eigenvalue weighted by Gasteiger charge is -2.12. The van der Waals surface area contributed by atoms with E-state index < -0.39 is 39.7 Å². The van der Waals surface area contributed by atoms with Crippen molar-refractivity contribution in [3.8, 4) is 0 Å². The summed E-state index contributed by atoms with van der Waals surface area (Å²) in [6.07, 6.45) is -4.74. The fourth-order valence-corrected chi connectivity index (χ4v) is 1.58. The number of rotatable bonds is 5. The molecule has 1 rings (SSSR count). The van der Waals surface area contributed by atoms with Gasteiger partial charge in [-0.15, -0.1) is 0 Å². The number of esters is 1. The molecule has 0 amide bonds. The summed E-state index contributed by atoms with van der Waals surface area (Å²) in [7, 11) is -5.95. The van der Waals surface area contributed by atoms with Gasteiger partial charge in [-0.3, -0.25) is 4.55 Å². The van der Waals surface area contributed by atoms with Crippen LogP contribution >= 0.6 is 0 Å². The number of carbonyl (C=O) groups excluding carboxylic acids is 1. The highest BCUT2D eigenvalue weighted by molar-refractivity contribution is 7.87. The fourth-order valence-electron chi connectivity index (χ4n) is 1.31. The molecule has 0 bridgehead atoms. The van der Waals surface area contributed by atoms with E-state index in [1.807, 2.05) is 0 Å². The Hall–Kier alpha value is -1.75. The largest absolute Gasteiger partial charge is 0.465 e. The van der Waals surface area contributed by atoms with Gasteiger partial charge in [-0.05, 0) is 17.7 Å². The number of hydrogen-bond donors (Lipinski definition) is 1.